The monoisotopic (exact) mass is 483 g/mol. The van der Waals surface area contributed by atoms with Crippen LogP contribution in [0.25, 0.3) is 16.5 Å². The fraction of sp³-hybridized carbons (Fsp3) is 0.481. The van der Waals surface area contributed by atoms with Gasteiger partial charge >= 0.3 is 0 Å². The number of hydrogen-bond acceptors (Lipinski definition) is 4. The largest absolute Gasteiger partial charge is 0.488 e. The van der Waals surface area contributed by atoms with E-state index in [4.69, 9.17) is 16.3 Å². The van der Waals surface area contributed by atoms with E-state index in [2.05, 4.69) is 12.1 Å². The third-order valence-electron chi connectivity index (χ3n) is 7.17. The molecule has 0 N–H and O–H groups in total. The van der Waals surface area contributed by atoms with Crippen LogP contribution < -0.4 is 0 Å². The van der Waals surface area contributed by atoms with E-state index in [9.17, 15) is 9.59 Å². The Kier molecular flexibility index (Phi) is 6.71. The average molecular weight is 484 g/mol. The average Bonchev–Trinajstić information content (AvgIpc) is 3.12. The minimum atomic E-state index is -0.187. The summed E-state index contributed by atoms with van der Waals surface area (Å²) < 4.78 is 6.60. The van der Waals surface area contributed by atoms with E-state index < -0.39 is 0 Å². The normalized spacial score (nSPS) is 22.3. The van der Waals surface area contributed by atoms with Crippen LogP contribution in [0.5, 0.6) is 0 Å². The van der Waals surface area contributed by atoms with Crippen LogP contribution in [0.1, 0.15) is 75.3 Å². The van der Waals surface area contributed by atoms with Gasteiger partial charge in [0.1, 0.15) is 10.7 Å². The molecule has 6 heteroatoms. The molecule has 0 radical (unpaired) electrons. The standard InChI is InChI=1S/C27H30ClNO3S/c1-17-14-18-12-13-20(28)15-19(18)16-23(17)24(32-22-10-6-3-7-11-22)25-26(30)29(27(31)33-25)21-8-4-2-5-9-21/h12-16,21-22H,2-11H2,1H3/b25-24+. The molecule has 1 aliphatic heterocycles. The third kappa shape index (κ3) is 4.67. The first-order valence-electron chi connectivity index (χ1n) is 12.2. The topological polar surface area (TPSA) is 46.6 Å². The summed E-state index contributed by atoms with van der Waals surface area (Å²) in [5, 5.41) is 2.60. The number of thioether (sulfide) groups is 1. The number of rotatable bonds is 4. The smallest absolute Gasteiger partial charge is 0.293 e. The fourth-order valence-electron chi connectivity index (χ4n) is 5.39. The van der Waals surface area contributed by atoms with Gasteiger partial charge < -0.3 is 4.74 Å². The van der Waals surface area contributed by atoms with Gasteiger partial charge in [0, 0.05) is 16.6 Å². The molecule has 174 valence electrons. The highest BCUT2D eigenvalue weighted by Gasteiger charge is 2.43. The maximum Gasteiger partial charge on any atom is 0.293 e. The van der Waals surface area contributed by atoms with Crippen molar-refractivity contribution < 1.29 is 14.3 Å². The lowest BCUT2D eigenvalue weighted by molar-refractivity contribution is -0.124. The van der Waals surface area contributed by atoms with Gasteiger partial charge in [-0.05, 0) is 91.7 Å². The maximum absolute atomic E-state index is 13.6. The van der Waals surface area contributed by atoms with Gasteiger partial charge in [0.25, 0.3) is 11.1 Å². The number of carbonyl (C=O) groups excluding carboxylic acids is 2. The van der Waals surface area contributed by atoms with Crippen LogP contribution in [0.15, 0.2) is 35.2 Å². The second kappa shape index (κ2) is 9.71. The van der Waals surface area contributed by atoms with Gasteiger partial charge in [-0.25, -0.2) is 0 Å². The van der Waals surface area contributed by atoms with Crippen molar-refractivity contribution in [3.05, 3.63) is 51.4 Å². The van der Waals surface area contributed by atoms with Crippen molar-refractivity contribution in [3.8, 4) is 0 Å². The van der Waals surface area contributed by atoms with E-state index in [0.717, 1.165) is 85.0 Å². The molecule has 2 aliphatic carbocycles. The lowest BCUT2D eigenvalue weighted by Crippen LogP contribution is -2.40. The molecule has 0 spiro atoms. The summed E-state index contributed by atoms with van der Waals surface area (Å²) in [7, 11) is 0. The Morgan fingerprint density at radius 2 is 1.64 bits per heavy atom. The summed E-state index contributed by atoms with van der Waals surface area (Å²) in [6.45, 7) is 2.04. The maximum atomic E-state index is 13.6. The molecule has 4 nitrogen and oxygen atoms in total. The highest BCUT2D eigenvalue weighted by Crippen LogP contribution is 2.43. The molecule has 3 aliphatic rings. The Morgan fingerprint density at radius 1 is 0.939 bits per heavy atom. The van der Waals surface area contributed by atoms with Crippen molar-refractivity contribution in [3.63, 3.8) is 0 Å². The van der Waals surface area contributed by atoms with Crippen molar-refractivity contribution in [2.24, 2.45) is 0 Å². The summed E-state index contributed by atoms with van der Waals surface area (Å²) in [5.41, 5.74) is 1.91. The van der Waals surface area contributed by atoms with Crippen molar-refractivity contribution in [1.82, 2.24) is 4.90 Å². The molecule has 2 aromatic rings. The molecule has 2 amide bonds. The molecule has 2 saturated carbocycles. The lowest BCUT2D eigenvalue weighted by atomic mass is 9.94. The van der Waals surface area contributed by atoms with Gasteiger partial charge in [-0.3, -0.25) is 14.5 Å². The summed E-state index contributed by atoms with van der Waals surface area (Å²) in [4.78, 5) is 28.6. The molecule has 33 heavy (non-hydrogen) atoms. The summed E-state index contributed by atoms with van der Waals surface area (Å²) in [5.74, 6) is 0.385. The minimum absolute atomic E-state index is 0.0104. The van der Waals surface area contributed by atoms with Crippen LogP contribution in [-0.2, 0) is 9.53 Å². The summed E-state index contributed by atoms with van der Waals surface area (Å²) in [6, 6.07) is 10.0. The summed E-state index contributed by atoms with van der Waals surface area (Å²) in [6.07, 6.45) is 10.6. The minimum Gasteiger partial charge on any atom is -0.488 e. The number of benzene rings is 2. The number of fused-ring (bicyclic) bond motifs is 1. The molecule has 0 unspecified atom stereocenters. The number of imide groups is 1. The van der Waals surface area contributed by atoms with Crippen molar-refractivity contribution in [2.75, 3.05) is 0 Å². The Bertz CT molecular complexity index is 1120. The second-order valence-electron chi connectivity index (χ2n) is 9.53. The first-order valence-corrected chi connectivity index (χ1v) is 13.4. The van der Waals surface area contributed by atoms with E-state index in [0.29, 0.717) is 15.7 Å². The van der Waals surface area contributed by atoms with Crippen molar-refractivity contribution in [1.29, 1.82) is 0 Å². The number of halogens is 1. The van der Waals surface area contributed by atoms with Crippen LogP contribution in [0.3, 0.4) is 0 Å². The van der Waals surface area contributed by atoms with Crippen molar-refractivity contribution in [2.45, 2.75) is 83.3 Å². The molecule has 3 fully saturated rings. The first kappa shape index (κ1) is 22.8. The van der Waals surface area contributed by atoms with Crippen LogP contribution in [0, 0.1) is 6.92 Å². The Morgan fingerprint density at radius 3 is 2.36 bits per heavy atom. The third-order valence-corrected chi connectivity index (χ3v) is 8.34. The second-order valence-corrected chi connectivity index (χ2v) is 10.9. The van der Waals surface area contributed by atoms with E-state index in [-0.39, 0.29) is 23.3 Å². The Hall–Kier alpha value is -1.98. The van der Waals surface area contributed by atoms with Crippen molar-refractivity contribution >= 4 is 51.0 Å². The van der Waals surface area contributed by atoms with Crippen LogP contribution in [0.4, 0.5) is 4.79 Å². The molecule has 0 atom stereocenters. The fourth-order valence-corrected chi connectivity index (χ4v) is 6.51. The molecular formula is C27H30ClNO3S. The highest BCUT2D eigenvalue weighted by molar-refractivity contribution is 8.18. The number of nitrogens with zero attached hydrogens (tertiary/aromatic N) is 1. The van der Waals surface area contributed by atoms with Gasteiger partial charge in [0.15, 0.2) is 0 Å². The zero-order valence-corrected chi connectivity index (χ0v) is 20.6. The quantitative estimate of drug-likeness (QED) is 0.328. The predicted octanol–water partition coefficient (Wildman–Crippen LogP) is 7.85. The van der Waals surface area contributed by atoms with Crippen LogP contribution in [0.2, 0.25) is 5.02 Å². The van der Waals surface area contributed by atoms with E-state index >= 15 is 0 Å². The highest BCUT2D eigenvalue weighted by atomic mass is 35.5. The SMILES string of the molecule is Cc1cc2ccc(Cl)cc2cc1/C(OC1CCCCC1)=C1\SC(=O)N(C2CCCCC2)C1=O. The molecule has 2 aromatic carbocycles. The first-order chi connectivity index (χ1) is 16.0. The predicted molar refractivity (Wildman–Crippen MR) is 135 cm³/mol. The van der Waals surface area contributed by atoms with Gasteiger partial charge in [-0.1, -0.05) is 49.4 Å². The number of aryl methyl sites for hydroxylation is 1. The van der Waals surface area contributed by atoms with E-state index in [1.165, 1.54) is 17.7 Å². The zero-order chi connectivity index (χ0) is 22.9. The molecular weight excluding hydrogens is 454 g/mol. The molecule has 0 bridgehead atoms. The lowest BCUT2D eigenvalue weighted by Gasteiger charge is -2.29. The zero-order valence-electron chi connectivity index (χ0n) is 19.1. The molecule has 1 saturated heterocycles. The number of amides is 2. The molecule has 1 heterocycles. The van der Waals surface area contributed by atoms with Gasteiger partial charge in [0.2, 0.25) is 0 Å². The van der Waals surface area contributed by atoms with E-state index in [1.807, 2.05) is 25.1 Å². The van der Waals surface area contributed by atoms with Gasteiger partial charge in [-0.15, -0.1) is 0 Å². The number of ether oxygens (including phenoxy) is 1. The van der Waals surface area contributed by atoms with Gasteiger partial charge in [0.05, 0.1) is 6.10 Å². The Labute approximate surface area is 204 Å². The molecule has 0 aromatic heterocycles. The van der Waals surface area contributed by atoms with Gasteiger partial charge in [-0.2, -0.15) is 0 Å². The van der Waals surface area contributed by atoms with Crippen LogP contribution >= 0.6 is 23.4 Å². The number of carbonyl (C=O) groups is 2. The number of hydrogen-bond donors (Lipinski definition) is 0. The summed E-state index contributed by atoms with van der Waals surface area (Å²) >= 11 is 7.32. The molecule has 5 rings (SSSR count). The Balaban J connectivity index is 1.59. The van der Waals surface area contributed by atoms with E-state index in [1.54, 1.807) is 0 Å². The van der Waals surface area contributed by atoms with Crippen LogP contribution in [-0.4, -0.2) is 28.2 Å².